The smallest absolute Gasteiger partial charge is 0.407 e. The maximum atomic E-state index is 14.1. The van der Waals surface area contributed by atoms with E-state index >= 15 is 0 Å². The molecule has 9 nitrogen and oxygen atoms in total. The molecule has 0 radical (unpaired) electrons. The van der Waals surface area contributed by atoms with Crippen molar-refractivity contribution < 1.29 is 29.0 Å². The van der Waals surface area contributed by atoms with Crippen molar-refractivity contribution in [2.45, 2.75) is 23.9 Å². The molecule has 0 heterocycles. The molecule has 0 saturated heterocycles. The normalized spacial score (nSPS) is 12.6. The van der Waals surface area contributed by atoms with Gasteiger partial charge in [-0.3, -0.25) is 14.4 Å². The highest BCUT2D eigenvalue weighted by atomic mass is 16.5. The first kappa shape index (κ1) is 32.7. The Bertz CT molecular complexity index is 1810. The number of carboxylic acids is 1. The number of rotatable bonds is 12. The predicted molar refractivity (Wildman–Crippen MR) is 185 cm³/mol. The highest BCUT2D eigenvalue weighted by molar-refractivity contribution is 5.93. The van der Waals surface area contributed by atoms with Crippen molar-refractivity contribution in [1.29, 1.82) is 0 Å². The first-order valence-electron chi connectivity index (χ1n) is 16.0. The first-order valence-corrected chi connectivity index (χ1v) is 16.0. The number of carbonyl (C=O) groups is 4. The largest absolute Gasteiger partial charge is 0.480 e. The third-order valence-corrected chi connectivity index (χ3v) is 8.70. The Morgan fingerprint density at radius 3 is 1.57 bits per heavy atom. The fourth-order valence-corrected chi connectivity index (χ4v) is 6.50. The minimum atomic E-state index is -1.44. The molecule has 246 valence electrons. The Morgan fingerprint density at radius 2 is 1.10 bits per heavy atom. The topological polar surface area (TPSA) is 134 Å². The van der Waals surface area contributed by atoms with Crippen LogP contribution in [0.25, 0.3) is 11.1 Å². The van der Waals surface area contributed by atoms with E-state index in [1.54, 1.807) is 0 Å². The second kappa shape index (κ2) is 14.7. The molecule has 4 N–H and O–H groups in total. The van der Waals surface area contributed by atoms with Crippen molar-refractivity contribution in [2.24, 2.45) is 0 Å². The molecule has 1 aliphatic rings. The number of carbonyl (C=O) groups excluding carboxylic acids is 3. The lowest BCUT2D eigenvalue weighted by Crippen LogP contribution is -2.53. The summed E-state index contributed by atoms with van der Waals surface area (Å²) >= 11 is 0. The van der Waals surface area contributed by atoms with Gasteiger partial charge in [-0.1, -0.05) is 140 Å². The van der Waals surface area contributed by atoms with E-state index in [1.807, 2.05) is 140 Å². The van der Waals surface area contributed by atoms with Gasteiger partial charge >= 0.3 is 12.1 Å². The van der Waals surface area contributed by atoms with Gasteiger partial charge in [0.15, 0.2) is 0 Å². The molecule has 5 aromatic carbocycles. The third kappa shape index (κ3) is 7.06. The highest BCUT2D eigenvalue weighted by Gasteiger charge is 2.39. The van der Waals surface area contributed by atoms with Crippen molar-refractivity contribution in [3.05, 3.63) is 167 Å². The van der Waals surface area contributed by atoms with Gasteiger partial charge in [0.1, 0.15) is 24.7 Å². The molecule has 0 saturated carbocycles. The number of hydrogen-bond donors (Lipinski definition) is 4. The average molecular weight is 654 g/mol. The van der Waals surface area contributed by atoms with E-state index in [2.05, 4.69) is 16.0 Å². The van der Waals surface area contributed by atoms with Gasteiger partial charge in [0, 0.05) is 5.92 Å². The minimum absolute atomic E-state index is 0.00530. The summed E-state index contributed by atoms with van der Waals surface area (Å²) < 4.78 is 5.66. The highest BCUT2D eigenvalue weighted by Crippen LogP contribution is 2.44. The lowest BCUT2D eigenvalue weighted by atomic mass is 9.77. The van der Waals surface area contributed by atoms with Crippen molar-refractivity contribution in [2.75, 3.05) is 13.2 Å². The third-order valence-electron chi connectivity index (χ3n) is 8.70. The van der Waals surface area contributed by atoms with Crippen LogP contribution in [0.1, 0.15) is 40.2 Å². The van der Waals surface area contributed by atoms with Crippen LogP contribution in [-0.2, 0) is 24.7 Å². The van der Waals surface area contributed by atoms with Crippen LogP contribution in [0.4, 0.5) is 4.79 Å². The van der Waals surface area contributed by atoms with E-state index in [0.717, 1.165) is 38.9 Å². The van der Waals surface area contributed by atoms with E-state index in [1.165, 1.54) is 0 Å². The molecule has 9 heteroatoms. The van der Waals surface area contributed by atoms with Gasteiger partial charge in [-0.05, 0) is 38.9 Å². The molecule has 5 aromatic rings. The number of nitrogens with one attached hydrogen (secondary N) is 3. The number of aliphatic carboxylic acids is 1. The molecule has 3 amide bonds. The summed E-state index contributed by atoms with van der Waals surface area (Å²) in [5.41, 5.74) is 5.33. The van der Waals surface area contributed by atoms with E-state index in [4.69, 9.17) is 4.74 Å². The van der Waals surface area contributed by atoms with Crippen LogP contribution >= 0.6 is 0 Å². The Balaban J connectivity index is 1.25. The van der Waals surface area contributed by atoms with Gasteiger partial charge in [-0.15, -0.1) is 0 Å². The Hall–Kier alpha value is -6.22. The molecule has 1 aliphatic carbocycles. The number of fused-ring (bicyclic) bond motifs is 3. The maximum absolute atomic E-state index is 14.1. The molecule has 6 rings (SSSR count). The van der Waals surface area contributed by atoms with Gasteiger partial charge in [0.05, 0.1) is 6.42 Å². The summed E-state index contributed by atoms with van der Waals surface area (Å²) in [6.07, 6.45) is -1.41. The summed E-state index contributed by atoms with van der Waals surface area (Å²) in [6, 6.07) is 42.7. The van der Waals surface area contributed by atoms with E-state index < -0.39 is 48.4 Å². The first-order chi connectivity index (χ1) is 23.9. The van der Waals surface area contributed by atoms with E-state index in [9.17, 15) is 24.3 Å². The predicted octanol–water partition coefficient (Wildman–Crippen LogP) is 5.59. The van der Waals surface area contributed by atoms with Crippen LogP contribution in [0.15, 0.2) is 140 Å². The Labute approximate surface area is 284 Å². The number of ether oxygens (including phenoxy) is 1. The molecule has 49 heavy (non-hydrogen) atoms. The Morgan fingerprint density at radius 1 is 0.653 bits per heavy atom. The summed E-state index contributed by atoms with van der Waals surface area (Å²) in [7, 11) is 0. The number of carboxylic acid groups (broad SMARTS) is 1. The quantitative estimate of drug-likeness (QED) is 0.130. The SMILES string of the molecule is O=C(O)CNC(=O)[C@H](CC(=O)NC(c1ccccc1)(c1ccccc1)c1ccccc1)NC(=O)OCC1c2ccccc2-c2ccccc21. The van der Waals surface area contributed by atoms with Gasteiger partial charge < -0.3 is 25.8 Å². The van der Waals surface area contributed by atoms with Crippen LogP contribution in [0.3, 0.4) is 0 Å². The molecule has 0 fully saturated rings. The van der Waals surface area contributed by atoms with Crippen molar-refractivity contribution in [3.8, 4) is 11.1 Å². The molecular formula is C40H35N3O6. The van der Waals surface area contributed by atoms with E-state index in [0.29, 0.717) is 0 Å². The summed E-state index contributed by atoms with van der Waals surface area (Å²) in [5.74, 6) is -2.89. The molecule has 0 aliphatic heterocycles. The second-order valence-electron chi connectivity index (χ2n) is 11.7. The molecule has 1 atom stereocenters. The van der Waals surface area contributed by atoms with Gasteiger partial charge in [-0.2, -0.15) is 0 Å². The summed E-state index contributed by atoms with van der Waals surface area (Å²) in [6.45, 7) is -0.694. The molecule has 0 spiro atoms. The standard InChI is InChI=1S/C40H35N3O6/c44-36(43-40(27-14-4-1-5-15-27,28-16-6-2-7-17-28)29-18-8-3-9-19-29)24-35(38(47)41-25-37(45)46)42-39(48)49-26-34-32-22-12-10-20-30(32)31-21-11-13-23-33(31)34/h1-23,34-35H,24-26H2,(H,41,47)(H,42,48)(H,43,44)(H,45,46)/t35-/m0/s1. The van der Waals surface area contributed by atoms with Crippen LogP contribution in [-0.4, -0.2) is 48.2 Å². The lowest BCUT2D eigenvalue weighted by molar-refractivity contribution is -0.138. The Kier molecular flexibility index (Phi) is 9.80. The van der Waals surface area contributed by atoms with Crippen LogP contribution < -0.4 is 16.0 Å². The number of amides is 3. The zero-order chi connectivity index (χ0) is 34.2. The van der Waals surface area contributed by atoms with Gasteiger partial charge in [-0.25, -0.2) is 4.79 Å². The zero-order valence-electron chi connectivity index (χ0n) is 26.5. The molecular weight excluding hydrogens is 618 g/mol. The second-order valence-corrected chi connectivity index (χ2v) is 11.7. The number of alkyl carbamates (subject to hydrolysis) is 1. The van der Waals surface area contributed by atoms with E-state index in [-0.39, 0.29) is 12.5 Å². The average Bonchev–Trinajstić information content (AvgIpc) is 3.46. The lowest BCUT2D eigenvalue weighted by Gasteiger charge is -2.37. The monoisotopic (exact) mass is 653 g/mol. The van der Waals surface area contributed by atoms with Crippen molar-refractivity contribution >= 4 is 23.9 Å². The number of hydrogen-bond acceptors (Lipinski definition) is 5. The van der Waals surface area contributed by atoms with Crippen molar-refractivity contribution in [3.63, 3.8) is 0 Å². The molecule has 0 bridgehead atoms. The molecule has 0 aromatic heterocycles. The zero-order valence-corrected chi connectivity index (χ0v) is 26.5. The molecule has 0 unspecified atom stereocenters. The van der Waals surface area contributed by atoms with Crippen LogP contribution in [0, 0.1) is 0 Å². The fourth-order valence-electron chi connectivity index (χ4n) is 6.50. The fraction of sp³-hybridized carbons (Fsp3) is 0.150. The minimum Gasteiger partial charge on any atom is -0.480 e. The van der Waals surface area contributed by atoms with Gasteiger partial charge in [0.2, 0.25) is 11.8 Å². The van der Waals surface area contributed by atoms with Crippen molar-refractivity contribution in [1.82, 2.24) is 16.0 Å². The summed E-state index contributed by atoms with van der Waals surface area (Å²) in [4.78, 5) is 51.8. The number of benzene rings is 5. The van der Waals surface area contributed by atoms with Gasteiger partial charge in [0.25, 0.3) is 0 Å². The summed E-state index contributed by atoms with van der Waals surface area (Å²) in [5, 5.41) is 17.2. The maximum Gasteiger partial charge on any atom is 0.407 e. The van der Waals surface area contributed by atoms with Crippen LogP contribution in [0.2, 0.25) is 0 Å². The van der Waals surface area contributed by atoms with Crippen LogP contribution in [0.5, 0.6) is 0 Å².